The van der Waals surface area contributed by atoms with Crippen molar-refractivity contribution < 1.29 is 23.9 Å². The molecular weight excluding hydrogens is 264 g/mol. The third kappa shape index (κ3) is 2.77. The van der Waals surface area contributed by atoms with Gasteiger partial charge in [-0.15, -0.1) is 0 Å². The van der Waals surface area contributed by atoms with Gasteiger partial charge < -0.3 is 9.47 Å². The number of barbiturate groups is 1. The summed E-state index contributed by atoms with van der Waals surface area (Å²) in [6, 6.07) is 4.09. The molecule has 2 rings (SSSR count). The molecule has 0 radical (unpaired) electrons. The van der Waals surface area contributed by atoms with Crippen LogP contribution in [0.3, 0.4) is 0 Å². The maximum absolute atomic E-state index is 11.6. The minimum atomic E-state index is -0.833. The SMILES string of the molecule is COc1cc(C=C2C(=O)NC(=O)NC2=O)cc(OC)c1. The summed E-state index contributed by atoms with van der Waals surface area (Å²) < 4.78 is 10.2. The van der Waals surface area contributed by atoms with Crippen molar-refractivity contribution in [1.29, 1.82) is 0 Å². The summed E-state index contributed by atoms with van der Waals surface area (Å²) in [6.45, 7) is 0. The number of hydrogen-bond acceptors (Lipinski definition) is 5. The number of benzene rings is 1. The Bertz CT molecular complexity index is 577. The third-order valence-electron chi connectivity index (χ3n) is 2.63. The van der Waals surface area contributed by atoms with E-state index in [0.717, 1.165) is 0 Å². The Kier molecular flexibility index (Phi) is 3.69. The molecule has 0 bridgehead atoms. The summed E-state index contributed by atoms with van der Waals surface area (Å²) in [5.74, 6) is -0.464. The fourth-order valence-corrected chi connectivity index (χ4v) is 1.69. The number of carbonyl (C=O) groups is 3. The minimum Gasteiger partial charge on any atom is -0.497 e. The van der Waals surface area contributed by atoms with Crippen molar-refractivity contribution in [3.05, 3.63) is 29.3 Å². The topological polar surface area (TPSA) is 93.7 Å². The van der Waals surface area contributed by atoms with Gasteiger partial charge in [0.15, 0.2) is 0 Å². The monoisotopic (exact) mass is 276 g/mol. The van der Waals surface area contributed by atoms with Gasteiger partial charge in [0.1, 0.15) is 17.1 Å². The smallest absolute Gasteiger partial charge is 0.328 e. The summed E-state index contributed by atoms with van der Waals surface area (Å²) in [7, 11) is 2.98. The van der Waals surface area contributed by atoms with E-state index in [-0.39, 0.29) is 5.57 Å². The number of carbonyl (C=O) groups excluding carboxylic acids is 3. The first-order valence-corrected chi connectivity index (χ1v) is 5.65. The average Bonchev–Trinajstić information content (AvgIpc) is 2.42. The molecule has 1 heterocycles. The minimum absolute atomic E-state index is 0.167. The molecule has 20 heavy (non-hydrogen) atoms. The number of ether oxygens (including phenoxy) is 2. The van der Waals surface area contributed by atoms with Crippen LogP contribution in [-0.4, -0.2) is 32.1 Å². The number of imide groups is 2. The molecule has 1 aliphatic heterocycles. The van der Waals surface area contributed by atoms with Gasteiger partial charge in [0, 0.05) is 6.07 Å². The fourth-order valence-electron chi connectivity index (χ4n) is 1.69. The van der Waals surface area contributed by atoms with E-state index < -0.39 is 17.8 Å². The number of nitrogens with one attached hydrogen (secondary N) is 2. The van der Waals surface area contributed by atoms with Crippen LogP contribution in [0.2, 0.25) is 0 Å². The van der Waals surface area contributed by atoms with Gasteiger partial charge in [0.25, 0.3) is 11.8 Å². The number of rotatable bonds is 3. The van der Waals surface area contributed by atoms with Crippen molar-refractivity contribution >= 4 is 23.9 Å². The van der Waals surface area contributed by atoms with E-state index in [1.165, 1.54) is 20.3 Å². The van der Waals surface area contributed by atoms with Crippen molar-refractivity contribution in [3.8, 4) is 11.5 Å². The molecule has 0 aliphatic carbocycles. The molecule has 1 aliphatic rings. The second kappa shape index (κ2) is 5.43. The van der Waals surface area contributed by atoms with Crippen LogP contribution in [0, 0.1) is 0 Å². The highest BCUT2D eigenvalue weighted by Gasteiger charge is 2.27. The molecule has 1 fully saturated rings. The summed E-state index contributed by atoms with van der Waals surface area (Å²) in [6.07, 6.45) is 1.35. The van der Waals surface area contributed by atoms with E-state index in [9.17, 15) is 14.4 Å². The van der Waals surface area contributed by atoms with Gasteiger partial charge in [-0.3, -0.25) is 20.2 Å². The predicted molar refractivity (Wildman–Crippen MR) is 69.2 cm³/mol. The highest BCUT2D eigenvalue weighted by molar-refractivity contribution is 6.31. The quantitative estimate of drug-likeness (QED) is 0.617. The van der Waals surface area contributed by atoms with Gasteiger partial charge >= 0.3 is 6.03 Å². The molecule has 0 aromatic heterocycles. The Morgan fingerprint density at radius 2 is 1.40 bits per heavy atom. The lowest BCUT2D eigenvalue weighted by Crippen LogP contribution is -2.51. The van der Waals surface area contributed by atoms with Crippen LogP contribution < -0.4 is 20.1 Å². The molecular formula is C13H12N2O5. The first kappa shape index (κ1) is 13.6. The zero-order valence-corrected chi connectivity index (χ0v) is 10.9. The predicted octanol–water partition coefficient (Wildman–Crippen LogP) is 0.453. The summed E-state index contributed by atoms with van der Waals surface area (Å²) >= 11 is 0. The summed E-state index contributed by atoms with van der Waals surface area (Å²) in [4.78, 5) is 34.2. The van der Waals surface area contributed by atoms with Gasteiger partial charge in [-0.05, 0) is 23.8 Å². The van der Waals surface area contributed by atoms with Crippen LogP contribution >= 0.6 is 0 Å². The normalized spacial score (nSPS) is 14.5. The lowest BCUT2D eigenvalue weighted by Gasteiger charge is -2.14. The van der Waals surface area contributed by atoms with Gasteiger partial charge in [0.05, 0.1) is 14.2 Å². The van der Waals surface area contributed by atoms with Crippen molar-refractivity contribution in [2.24, 2.45) is 0 Å². The van der Waals surface area contributed by atoms with Gasteiger partial charge in [0.2, 0.25) is 0 Å². The van der Waals surface area contributed by atoms with Crippen molar-refractivity contribution in [2.75, 3.05) is 14.2 Å². The van der Waals surface area contributed by atoms with E-state index >= 15 is 0 Å². The molecule has 0 saturated carbocycles. The fraction of sp³-hybridized carbons (Fsp3) is 0.154. The molecule has 104 valence electrons. The molecule has 0 unspecified atom stereocenters. The van der Waals surface area contributed by atoms with E-state index in [2.05, 4.69) is 0 Å². The van der Waals surface area contributed by atoms with Crippen LogP contribution in [-0.2, 0) is 9.59 Å². The molecule has 0 spiro atoms. The zero-order valence-electron chi connectivity index (χ0n) is 10.9. The Morgan fingerprint density at radius 1 is 0.900 bits per heavy atom. The van der Waals surface area contributed by atoms with E-state index in [0.29, 0.717) is 17.1 Å². The number of methoxy groups -OCH3 is 2. The lowest BCUT2D eigenvalue weighted by atomic mass is 10.1. The number of hydrogen-bond donors (Lipinski definition) is 2. The Labute approximate surface area is 114 Å². The Balaban J connectivity index is 2.41. The number of amides is 4. The Hall–Kier alpha value is -2.83. The van der Waals surface area contributed by atoms with E-state index in [1.807, 2.05) is 10.6 Å². The van der Waals surface area contributed by atoms with Crippen molar-refractivity contribution in [3.63, 3.8) is 0 Å². The molecule has 1 aromatic rings. The summed E-state index contributed by atoms with van der Waals surface area (Å²) in [5, 5.41) is 3.99. The second-order valence-electron chi connectivity index (χ2n) is 3.94. The molecule has 4 amide bonds. The highest BCUT2D eigenvalue weighted by Crippen LogP contribution is 2.24. The largest absolute Gasteiger partial charge is 0.497 e. The van der Waals surface area contributed by atoms with Gasteiger partial charge in [-0.2, -0.15) is 0 Å². The maximum Gasteiger partial charge on any atom is 0.328 e. The van der Waals surface area contributed by atoms with Crippen LogP contribution in [0.5, 0.6) is 11.5 Å². The molecule has 2 N–H and O–H groups in total. The molecule has 0 atom stereocenters. The maximum atomic E-state index is 11.6. The van der Waals surface area contributed by atoms with Crippen molar-refractivity contribution in [1.82, 2.24) is 10.6 Å². The van der Waals surface area contributed by atoms with Crippen LogP contribution in [0.4, 0.5) is 4.79 Å². The molecule has 1 aromatic carbocycles. The highest BCUT2D eigenvalue weighted by atomic mass is 16.5. The second-order valence-corrected chi connectivity index (χ2v) is 3.94. The lowest BCUT2D eigenvalue weighted by molar-refractivity contribution is -0.123. The first-order valence-electron chi connectivity index (χ1n) is 5.65. The van der Waals surface area contributed by atoms with Gasteiger partial charge in [-0.1, -0.05) is 0 Å². The number of urea groups is 1. The van der Waals surface area contributed by atoms with Crippen LogP contribution in [0.15, 0.2) is 23.8 Å². The van der Waals surface area contributed by atoms with Crippen LogP contribution in [0.25, 0.3) is 6.08 Å². The Morgan fingerprint density at radius 3 is 1.85 bits per heavy atom. The zero-order chi connectivity index (χ0) is 14.7. The standard InChI is InChI=1S/C13H12N2O5/c1-19-8-3-7(4-9(6-8)20-2)5-10-11(16)14-13(18)15-12(10)17/h3-6H,1-2H3,(H2,14,15,16,17,18). The first-order chi connectivity index (χ1) is 9.53. The molecule has 7 nitrogen and oxygen atoms in total. The molecule has 1 saturated heterocycles. The third-order valence-corrected chi connectivity index (χ3v) is 2.63. The average molecular weight is 276 g/mol. The molecule has 7 heteroatoms. The van der Waals surface area contributed by atoms with Crippen molar-refractivity contribution in [2.45, 2.75) is 0 Å². The van der Waals surface area contributed by atoms with Crippen LogP contribution in [0.1, 0.15) is 5.56 Å². The summed E-state index contributed by atoms with van der Waals surface area (Å²) in [5.41, 5.74) is 0.371. The van der Waals surface area contributed by atoms with E-state index in [1.54, 1.807) is 18.2 Å². The van der Waals surface area contributed by atoms with Gasteiger partial charge in [-0.25, -0.2) is 4.79 Å². The van der Waals surface area contributed by atoms with E-state index in [4.69, 9.17) is 9.47 Å².